The van der Waals surface area contributed by atoms with Crippen LogP contribution in [-0.2, 0) is 16.0 Å². The molecule has 0 saturated carbocycles. The van der Waals surface area contributed by atoms with Crippen molar-refractivity contribution in [2.45, 2.75) is 6.42 Å². The van der Waals surface area contributed by atoms with E-state index in [-0.39, 0.29) is 11.7 Å². The minimum absolute atomic E-state index is 0.113. The van der Waals surface area contributed by atoms with E-state index < -0.39 is 0 Å². The van der Waals surface area contributed by atoms with E-state index in [0.29, 0.717) is 18.9 Å². The molecule has 0 radical (unpaired) electrons. The molecule has 0 aliphatic carbocycles. The van der Waals surface area contributed by atoms with Crippen molar-refractivity contribution >= 4 is 16.8 Å². The van der Waals surface area contributed by atoms with Gasteiger partial charge < -0.3 is 14.6 Å². The summed E-state index contributed by atoms with van der Waals surface area (Å²) in [5.74, 6) is 0.297. The number of carbonyl (C=O) groups excluding carboxylic acids is 1. The zero-order valence-electron chi connectivity index (χ0n) is 11.4. The summed E-state index contributed by atoms with van der Waals surface area (Å²) in [6.07, 6.45) is 2.14. The van der Waals surface area contributed by atoms with Crippen molar-refractivity contribution < 1.29 is 13.9 Å². The number of rotatable bonds is 4. The fourth-order valence-electron chi connectivity index (χ4n) is 2.69. The molecule has 1 fully saturated rings. The van der Waals surface area contributed by atoms with Gasteiger partial charge in [0.25, 0.3) is 0 Å². The van der Waals surface area contributed by atoms with Gasteiger partial charge >= 0.3 is 0 Å². The van der Waals surface area contributed by atoms with E-state index in [1.165, 1.54) is 12.1 Å². The smallest absolute Gasteiger partial charge is 0.227 e. The molecule has 0 unspecified atom stereocenters. The lowest BCUT2D eigenvalue weighted by molar-refractivity contribution is -0.137. The van der Waals surface area contributed by atoms with Gasteiger partial charge in [-0.2, -0.15) is 0 Å². The lowest BCUT2D eigenvalue weighted by Gasteiger charge is -2.39. The van der Waals surface area contributed by atoms with Crippen molar-refractivity contribution in [3.63, 3.8) is 0 Å². The molecule has 0 atom stereocenters. The van der Waals surface area contributed by atoms with Crippen LogP contribution in [0.4, 0.5) is 4.39 Å². The zero-order valence-corrected chi connectivity index (χ0v) is 11.4. The van der Waals surface area contributed by atoms with Gasteiger partial charge in [0.05, 0.1) is 13.0 Å². The predicted octanol–water partition coefficient (Wildman–Crippen LogP) is 1.95. The molecule has 5 heteroatoms. The first-order valence-corrected chi connectivity index (χ1v) is 6.69. The quantitative estimate of drug-likeness (QED) is 0.927. The number of carbonyl (C=O) groups is 1. The molecule has 1 aliphatic rings. The molecular weight excluding hydrogens is 259 g/mol. The molecule has 4 nitrogen and oxygen atoms in total. The summed E-state index contributed by atoms with van der Waals surface area (Å²) < 4.78 is 18.2. The van der Waals surface area contributed by atoms with Gasteiger partial charge in [0.15, 0.2) is 0 Å². The van der Waals surface area contributed by atoms with Crippen molar-refractivity contribution in [1.29, 1.82) is 0 Å². The maximum atomic E-state index is 13.1. The van der Waals surface area contributed by atoms with Crippen LogP contribution in [0.1, 0.15) is 5.56 Å². The Morgan fingerprint density at radius 3 is 3.05 bits per heavy atom. The molecule has 0 spiro atoms. The minimum atomic E-state index is -0.276. The third-order valence-corrected chi connectivity index (χ3v) is 3.78. The Labute approximate surface area is 116 Å². The summed E-state index contributed by atoms with van der Waals surface area (Å²) in [7, 11) is 1.68. The van der Waals surface area contributed by atoms with Crippen molar-refractivity contribution in [1.82, 2.24) is 9.88 Å². The fraction of sp³-hybridized carbons (Fsp3) is 0.400. The maximum Gasteiger partial charge on any atom is 0.227 e. The highest BCUT2D eigenvalue weighted by Crippen LogP contribution is 2.22. The molecule has 1 aromatic heterocycles. The number of methoxy groups -OCH3 is 1. The van der Waals surface area contributed by atoms with Crippen molar-refractivity contribution in [2.75, 3.05) is 26.8 Å². The molecule has 1 N–H and O–H groups in total. The fourth-order valence-corrected chi connectivity index (χ4v) is 2.69. The second-order valence-corrected chi connectivity index (χ2v) is 5.30. The first-order valence-electron chi connectivity index (χ1n) is 6.69. The Morgan fingerprint density at radius 1 is 1.50 bits per heavy atom. The molecular formula is C15H17FN2O2. The third-order valence-electron chi connectivity index (χ3n) is 3.78. The summed E-state index contributed by atoms with van der Waals surface area (Å²) in [6.45, 7) is 2.24. The maximum absolute atomic E-state index is 13.1. The number of likely N-dealkylation sites (tertiary alicyclic amines) is 1. The van der Waals surface area contributed by atoms with Crippen LogP contribution >= 0.6 is 0 Å². The van der Waals surface area contributed by atoms with Crippen LogP contribution in [0.2, 0.25) is 0 Å². The van der Waals surface area contributed by atoms with Gasteiger partial charge in [0.1, 0.15) is 5.82 Å². The van der Waals surface area contributed by atoms with E-state index in [1.54, 1.807) is 19.4 Å². The highest BCUT2D eigenvalue weighted by molar-refractivity contribution is 5.89. The van der Waals surface area contributed by atoms with Crippen molar-refractivity contribution in [3.8, 4) is 0 Å². The number of hydrogen-bond donors (Lipinski definition) is 1. The molecule has 0 bridgehead atoms. The summed E-state index contributed by atoms with van der Waals surface area (Å²) in [5, 5.41) is 0.911. The van der Waals surface area contributed by atoms with Crippen molar-refractivity contribution in [3.05, 3.63) is 35.8 Å². The molecule has 3 rings (SSSR count). The van der Waals surface area contributed by atoms with E-state index >= 15 is 0 Å². The lowest BCUT2D eigenvalue weighted by atomic mass is 10.00. The number of hydrogen-bond acceptors (Lipinski definition) is 2. The van der Waals surface area contributed by atoms with Crippen LogP contribution in [0.25, 0.3) is 10.9 Å². The Bertz CT molecular complexity index is 632. The first kappa shape index (κ1) is 13.1. The van der Waals surface area contributed by atoms with E-state index in [2.05, 4.69) is 4.98 Å². The largest absolute Gasteiger partial charge is 0.384 e. The van der Waals surface area contributed by atoms with E-state index in [1.807, 2.05) is 4.90 Å². The normalized spacial score (nSPS) is 15.6. The SMILES string of the molecule is COCC1CN(C(=O)Cc2c[nH]c3cc(F)ccc23)C1. The van der Waals surface area contributed by atoms with Crippen LogP contribution in [0, 0.1) is 11.7 Å². The molecule has 2 aromatic rings. The van der Waals surface area contributed by atoms with Crippen LogP contribution < -0.4 is 0 Å². The zero-order chi connectivity index (χ0) is 14.1. The van der Waals surface area contributed by atoms with Gasteiger partial charge in [-0.3, -0.25) is 4.79 Å². The molecule has 1 aromatic carbocycles. The number of fused-ring (bicyclic) bond motifs is 1. The number of aromatic amines is 1. The number of benzene rings is 1. The molecule has 1 saturated heterocycles. The summed E-state index contributed by atoms with van der Waals surface area (Å²) in [5.41, 5.74) is 1.65. The van der Waals surface area contributed by atoms with E-state index in [0.717, 1.165) is 29.6 Å². The predicted molar refractivity (Wildman–Crippen MR) is 73.9 cm³/mol. The lowest BCUT2D eigenvalue weighted by Crippen LogP contribution is -2.52. The summed E-state index contributed by atoms with van der Waals surface area (Å²) >= 11 is 0. The van der Waals surface area contributed by atoms with Gasteiger partial charge in [-0.25, -0.2) is 4.39 Å². The van der Waals surface area contributed by atoms with Gasteiger partial charge in [-0.1, -0.05) is 0 Å². The van der Waals surface area contributed by atoms with E-state index in [9.17, 15) is 9.18 Å². The summed E-state index contributed by atoms with van der Waals surface area (Å²) in [6, 6.07) is 4.58. The van der Waals surface area contributed by atoms with Crippen LogP contribution in [0.3, 0.4) is 0 Å². The Kier molecular flexibility index (Phi) is 3.44. The highest BCUT2D eigenvalue weighted by Gasteiger charge is 2.30. The van der Waals surface area contributed by atoms with Crippen LogP contribution in [0.15, 0.2) is 24.4 Å². The number of H-pyrrole nitrogens is 1. The van der Waals surface area contributed by atoms with Gasteiger partial charge in [-0.15, -0.1) is 0 Å². The topological polar surface area (TPSA) is 45.3 Å². The number of aromatic nitrogens is 1. The van der Waals surface area contributed by atoms with Gasteiger partial charge in [0, 0.05) is 43.2 Å². The van der Waals surface area contributed by atoms with Gasteiger partial charge in [0.2, 0.25) is 5.91 Å². The second kappa shape index (κ2) is 5.25. The second-order valence-electron chi connectivity index (χ2n) is 5.30. The molecule has 106 valence electrons. The Balaban J connectivity index is 1.66. The minimum Gasteiger partial charge on any atom is -0.384 e. The molecule has 20 heavy (non-hydrogen) atoms. The van der Waals surface area contributed by atoms with Gasteiger partial charge in [-0.05, 0) is 23.8 Å². The van der Waals surface area contributed by atoms with Crippen LogP contribution in [-0.4, -0.2) is 42.6 Å². The first-order chi connectivity index (χ1) is 9.67. The monoisotopic (exact) mass is 276 g/mol. The summed E-state index contributed by atoms with van der Waals surface area (Å²) in [4.78, 5) is 17.0. The highest BCUT2D eigenvalue weighted by atomic mass is 19.1. The third kappa shape index (κ3) is 2.41. The Hall–Kier alpha value is -1.88. The molecule has 2 heterocycles. The number of halogens is 1. The number of nitrogens with one attached hydrogen (secondary N) is 1. The number of nitrogens with zero attached hydrogens (tertiary/aromatic N) is 1. The number of ether oxygens (including phenoxy) is 1. The molecule has 1 amide bonds. The number of amides is 1. The Morgan fingerprint density at radius 2 is 2.30 bits per heavy atom. The average Bonchev–Trinajstić information content (AvgIpc) is 2.75. The van der Waals surface area contributed by atoms with E-state index in [4.69, 9.17) is 4.74 Å². The average molecular weight is 276 g/mol. The molecule has 1 aliphatic heterocycles. The van der Waals surface area contributed by atoms with Crippen LogP contribution in [0.5, 0.6) is 0 Å². The standard InChI is InChI=1S/C15H17FN2O2/c1-20-9-10-7-18(8-10)15(19)4-11-6-17-14-5-12(16)2-3-13(11)14/h2-3,5-6,10,17H,4,7-9H2,1H3. The van der Waals surface area contributed by atoms with Crippen molar-refractivity contribution in [2.24, 2.45) is 5.92 Å².